The summed E-state index contributed by atoms with van der Waals surface area (Å²) in [6.45, 7) is 5.04. The van der Waals surface area contributed by atoms with Crippen LogP contribution in [0.2, 0.25) is 0 Å². The van der Waals surface area contributed by atoms with E-state index >= 15 is 0 Å². The Morgan fingerprint density at radius 1 is 1.45 bits per heavy atom. The van der Waals surface area contributed by atoms with Crippen LogP contribution in [0.5, 0.6) is 0 Å². The highest BCUT2D eigenvalue weighted by molar-refractivity contribution is 9.10. The van der Waals surface area contributed by atoms with Gasteiger partial charge in [-0.25, -0.2) is 0 Å². The standard InChI is InChI=1S/C15H21BrN2O.ClH/c1-3-15(9-4-10-17-15)14(19)18-11(2)12-5-7-13(16)8-6-12;/h5-8,11,17H,3-4,9-10H2,1-2H3,(H,18,19);1H. The number of nitrogens with one attached hydrogen (secondary N) is 2. The number of benzene rings is 1. The molecular weight excluding hydrogens is 340 g/mol. The molecule has 0 aromatic heterocycles. The summed E-state index contributed by atoms with van der Waals surface area (Å²) in [5.74, 6) is 0.128. The number of rotatable bonds is 4. The first-order valence-electron chi connectivity index (χ1n) is 6.89. The monoisotopic (exact) mass is 360 g/mol. The van der Waals surface area contributed by atoms with Crippen molar-refractivity contribution in [1.29, 1.82) is 0 Å². The molecule has 5 heteroatoms. The van der Waals surface area contributed by atoms with Crippen LogP contribution in [0.3, 0.4) is 0 Å². The zero-order valence-corrected chi connectivity index (χ0v) is 14.3. The minimum absolute atomic E-state index is 0. The van der Waals surface area contributed by atoms with E-state index in [0.29, 0.717) is 0 Å². The first-order valence-corrected chi connectivity index (χ1v) is 7.68. The second-order valence-corrected chi connectivity index (χ2v) is 6.13. The molecule has 1 aromatic rings. The molecule has 2 rings (SSSR count). The van der Waals surface area contributed by atoms with Crippen LogP contribution in [-0.4, -0.2) is 18.0 Å². The summed E-state index contributed by atoms with van der Waals surface area (Å²) in [5.41, 5.74) is 0.768. The summed E-state index contributed by atoms with van der Waals surface area (Å²) in [5, 5.41) is 6.50. The van der Waals surface area contributed by atoms with Crippen LogP contribution < -0.4 is 10.6 Å². The van der Waals surface area contributed by atoms with Gasteiger partial charge in [0.25, 0.3) is 0 Å². The molecule has 2 atom stereocenters. The molecule has 1 heterocycles. The highest BCUT2D eigenvalue weighted by Gasteiger charge is 2.39. The average Bonchev–Trinajstić information content (AvgIpc) is 2.89. The van der Waals surface area contributed by atoms with E-state index in [1.807, 2.05) is 31.2 Å². The van der Waals surface area contributed by atoms with Gasteiger partial charge >= 0.3 is 0 Å². The fraction of sp³-hybridized carbons (Fsp3) is 0.533. The van der Waals surface area contributed by atoms with E-state index < -0.39 is 0 Å². The normalized spacial score (nSPS) is 22.9. The first-order chi connectivity index (χ1) is 9.07. The molecule has 2 N–H and O–H groups in total. The van der Waals surface area contributed by atoms with Crippen molar-refractivity contribution < 1.29 is 4.79 Å². The lowest BCUT2D eigenvalue weighted by atomic mass is 9.92. The lowest BCUT2D eigenvalue weighted by Gasteiger charge is -2.28. The zero-order valence-electron chi connectivity index (χ0n) is 11.9. The molecular formula is C15H22BrClN2O. The summed E-state index contributed by atoms with van der Waals surface area (Å²) < 4.78 is 1.05. The summed E-state index contributed by atoms with van der Waals surface area (Å²) in [7, 11) is 0. The van der Waals surface area contributed by atoms with Crippen molar-refractivity contribution in [2.75, 3.05) is 6.54 Å². The van der Waals surface area contributed by atoms with Gasteiger partial charge in [0.1, 0.15) is 0 Å². The highest BCUT2D eigenvalue weighted by Crippen LogP contribution is 2.25. The van der Waals surface area contributed by atoms with Crippen LogP contribution in [-0.2, 0) is 4.79 Å². The second-order valence-electron chi connectivity index (χ2n) is 5.21. The molecule has 0 saturated carbocycles. The number of halogens is 2. The zero-order chi connectivity index (χ0) is 13.9. The van der Waals surface area contributed by atoms with Gasteiger partial charge in [-0.3, -0.25) is 4.79 Å². The third-order valence-corrected chi connectivity index (χ3v) is 4.53. The fourth-order valence-corrected chi connectivity index (χ4v) is 2.90. The van der Waals surface area contributed by atoms with Crippen LogP contribution in [0, 0.1) is 0 Å². The summed E-state index contributed by atoms with van der Waals surface area (Å²) >= 11 is 3.42. The van der Waals surface area contributed by atoms with Gasteiger partial charge in [0.2, 0.25) is 5.91 Å². The average molecular weight is 362 g/mol. The molecule has 1 aromatic carbocycles. The van der Waals surface area contributed by atoms with Gasteiger partial charge in [-0.1, -0.05) is 35.0 Å². The molecule has 1 amide bonds. The molecule has 112 valence electrons. The van der Waals surface area contributed by atoms with Crippen molar-refractivity contribution in [1.82, 2.24) is 10.6 Å². The molecule has 2 unspecified atom stereocenters. The predicted octanol–water partition coefficient (Wildman–Crippen LogP) is 3.58. The summed E-state index contributed by atoms with van der Waals surface area (Å²) in [4.78, 5) is 12.5. The van der Waals surface area contributed by atoms with Crippen LogP contribution in [0.15, 0.2) is 28.7 Å². The van der Waals surface area contributed by atoms with Crippen molar-refractivity contribution >= 4 is 34.2 Å². The lowest BCUT2D eigenvalue weighted by Crippen LogP contribution is -2.53. The molecule has 1 fully saturated rings. The van der Waals surface area contributed by atoms with E-state index in [1.165, 1.54) is 0 Å². The molecule has 3 nitrogen and oxygen atoms in total. The molecule has 0 spiro atoms. The topological polar surface area (TPSA) is 41.1 Å². The van der Waals surface area contributed by atoms with E-state index in [9.17, 15) is 4.79 Å². The smallest absolute Gasteiger partial charge is 0.240 e. The minimum Gasteiger partial charge on any atom is -0.348 e. The Balaban J connectivity index is 0.00000200. The third-order valence-electron chi connectivity index (χ3n) is 4.00. The molecule has 0 radical (unpaired) electrons. The van der Waals surface area contributed by atoms with Gasteiger partial charge in [-0.15, -0.1) is 12.4 Å². The van der Waals surface area contributed by atoms with E-state index in [-0.39, 0.29) is 29.9 Å². The van der Waals surface area contributed by atoms with E-state index in [2.05, 4.69) is 33.5 Å². The van der Waals surface area contributed by atoms with Crippen molar-refractivity contribution in [2.24, 2.45) is 0 Å². The molecule has 1 aliphatic heterocycles. The Labute approximate surface area is 135 Å². The van der Waals surface area contributed by atoms with Crippen molar-refractivity contribution in [3.63, 3.8) is 0 Å². The number of hydrogen-bond donors (Lipinski definition) is 2. The Morgan fingerprint density at radius 3 is 2.60 bits per heavy atom. The van der Waals surface area contributed by atoms with Gasteiger partial charge < -0.3 is 10.6 Å². The SMILES string of the molecule is CCC1(C(=O)NC(C)c2ccc(Br)cc2)CCCN1.Cl. The van der Waals surface area contributed by atoms with Crippen LogP contribution in [0.25, 0.3) is 0 Å². The maximum atomic E-state index is 12.5. The molecule has 1 aliphatic rings. The Morgan fingerprint density at radius 2 is 2.10 bits per heavy atom. The van der Waals surface area contributed by atoms with E-state index in [4.69, 9.17) is 0 Å². The molecule has 1 saturated heterocycles. The minimum atomic E-state index is -0.358. The van der Waals surface area contributed by atoms with Crippen LogP contribution >= 0.6 is 28.3 Å². The maximum Gasteiger partial charge on any atom is 0.240 e. The highest BCUT2D eigenvalue weighted by atomic mass is 79.9. The van der Waals surface area contributed by atoms with E-state index in [0.717, 1.165) is 35.8 Å². The molecule has 0 aliphatic carbocycles. The van der Waals surface area contributed by atoms with Gasteiger partial charge in [-0.2, -0.15) is 0 Å². The second kappa shape index (κ2) is 7.43. The predicted molar refractivity (Wildman–Crippen MR) is 88.2 cm³/mol. The van der Waals surface area contributed by atoms with Crippen molar-refractivity contribution in [3.05, 3.63) is 34.3 Å². The van der Waals surface area contributed by atoms with Gasteiger partial charge in [0.15, 0.2) is 0 Å². The van der Waals surface area contributed by atoms with Crippen LogP contribution in [0.4, 0.5) is 0 Å². The van der Waals surface area contributed by atoms with Crippen molar-refractivity contribution in [3.8, 4) is 0 Å². The van der Waals surface area contributed by atoms with Gasteiger partial charge in [0.05, 0.1) is 11.6 Å². The lowest BCUT2D eigenvalue weighted by molar-refractivity contribution is -0.128. The molecule has 0 bridgehead atoms. The quantitative estimate of drug-likeness (QED) is 0.860. The number of amides is 1. The fourth-order valence-electron chi connectivity index (χ4n) is 2.63. The largest absolute Gasteiger partial charge is 0.348 e. The Bertz CT molecular complexity index is 444. The summed E-state index contributed by atoms with van der Waals surface area (Å²) in [6.07, 6.45) is 2.85. The van der Waals surface area contributed by atoms with Crippen molar-refractivity contribution in [2.45, 2.75) is 44.7 Å². The number of carbonyl (C=O) groups is 1. The summed E-state index contributed by atoms with van der Waals surface area (Å²) in [6, 6.07) is 8.11. The number of carbonyl (C=O) groups excluding carboxylic acids is 1. The maximum absolute atomic E-state index is 12.5. The van der Waals surface area contributed by atoms with Gasteiger partial charge in [-0.05, 0) is 50.4 Å². The third kappa shape index (κ3) is 3.74. The van der Waals surface area contributed by atoms with Crippen LogP contribution in [0.1, 0.15) is 44.7 Å². The Kier molecular flexibility index (Phi) is 6.49. The number of hydrogen-bond acceptors (Lipinski definition) is 2. The van der Waals surface area contributed by atoms with Gasteiger partial charge in [0, 0.05) is 4.47 Å². The first kappa shape index (κ1) is 17.5. The molecule has 20 heavy (non-hydrogen) atoms. The Hall–Kier alpha value is -0.580. The van der Waals surface area contributed by atoms with E-state index in [1.54, 1.807) is 0 Å².